The number of hydrogen-bond donors (Lipinski definition) is 2. The maximum atomic E-state index is 12.4. The number of carbonyl (C=O) groups is 1. The van der Waals surface area contributed by atoms with E-state index in [4.69, 9.17) is 33.3 Å². The van der Waals surface area contributed by atoms with Crippen LogP contribution in [0.1, 0.15) is 10.4 Å². The molecule has 3 aromatic carbocycles. The third-order valence-electron chi connectivity index (χ3n) is 4.11. The molecule has 0 spiro atoms. The molecule has 0 aromatic heterocycles. The van der Waals surface area contributed by atoms with Gasteiger partial charge in [0.05, 0.1) is 4.92 Å². The lowest BCUT2D eigenvalue weighted by Crippen LogP contribution is -2.34. The minimum Gasteiger partial charge on any atom is -0.490 e. The molecule has 0 heterocycles. The molecular weight excluding hydrogens is 454 g/mol. The molecule has 164 valence electrons. The number of rotatable bonds is 8. The van der Waals surface area contributed by atoms with Crippen molar-refractivity contribution in [1.29, 1.82) is 0 Å². The van der Waals surface area contributed by atoms with E-state index in [1.165, 1.54) is 18.2 Å². The van der Waals surface area contributed by atoms with E-state index in [1.54, 1.807) is 24.3 Å². The Balaban J connectivity index is 1.49. The van der Waals surface area contributed by atoms with Crippen molar-refractivity contribution in [2.24, 2.45) is 0 Å². The topological polar surface area (TPSA) is 103 Å². The van der Waals surface area contributed by atoms with E-state index < -0.39 is 10.8 Å². The predicted molar refractivity (Wildman–Crippen MR) is 126 cm³/mol. The van der Waals surface area contributed by atoms with Gasteiger partial charge in [-0.25, -0.2) is 0 Å². The molecule has 10 heteroatoms. The molecule has 0 atom stereocenters. The number of halogens is 1. The Morgan fingerprint density at radius 3 is 2.22 bits per heavy atom. The Hall–Kier alpha value is -3.69. The second-order valence-electron chi connectivity index (χ2n) is 6.36. The minimum absolute atomic E-state index is 0.0844. The summed E-state index contributed by atoms with van der Waals surface area (Å²) in [5.41, 5.74) is 0.200. The molecule has 3 aromatic rings. The number of para-hydroxylation sites is 1. The van der Waals surface area contributed by atoms with Gasteiger partial charge in [0, 0.05) is 16.7 Å². The summed E-state index contributed by atoms with van der Waals surface area (Å²) in [4.78, 5) is 23.0. The van der Waals surface area contributed by atoms with Gasteiger partial charge in [0.2, 0.25) is 0 Å². The van der Waals surface area contributed by atoms with Crippen LogP contribution < -0.4 is 20.1 Å². The lowest BCUT2D eigenvalue weighted by molar-refractivity contribution is -0.383. The number of hydrogen-bond acceptors (Lipinski definition) is 6. The van der Waals surface area contributed by atoms with Crippen molar-refractivity contribution in [2.75, 3.05) is 18.5 Å². The summed E-state index contributed by atoms with van der Waals surface area (Å²) >= 11 is 10.9. The van der Waals surface area contributed by atoms with Crippen LogP contribution >= 0.6 is 23.8 Å². The summed E-state index contributed by atoms with van der Waals surface area (Å²) < 4.78 is 11.2. The standard InChI is InChI=1S/C22H18ClN3O5S/c23-16-8-11-19(20(14-16)26(28)29)24-22(32)25-21(27)15-6-9-18(10-7-15)31-13-12-30-17-4-2-1-3-5-17/h1-11,14H,12-13H2,(H2,24,25,27,32). The van der Waals surface area contributed by atoms with Gasteiger partial charge in [-0.1, -0.05) is 29.8 Å². The van der Waals surface area contributed by atoms with E-state index >= 15 is 0 Å². The van der Waals surface area contributed by atoms with Crippen molar-refractivity contribution < 1.29 is 19.2 Å². The third kappa shape index (κ3) is 6.66. The summed E-state index contributed by atoms with van der Waals surface area (Å²) in [5, 5.41) is 16.4. The molecule has 0 saturated heterocycles. The monoisotopic (exact) mass is 471 g/mol. The van der Waals surface area contributed by atoms with Gasteiger partial charge >= 0.3 is 0 Å². The maximum absolute atomic E-state index is 12.4. The van der Waals surface area contributed by atoms with Gasteiger partial charge in [-0.05, 0) is 60.7 Å². The van der Waals surface area contributed by atoms with Crippen LogP contribution in [0.2, 0.25) is 5.02 Å². The number of amides is 1. The predicted octanol–water partition coefficient (Wildman–Crippen LogP) is 4.83. The second kappa shape index (κ2) is 11.1. The molecule has 0 saturated carbocycles. The van der Waals surface area contributed by atoms with Gasteiger partial charge in [0.15, 0.2) is 5.11 Å². The highest BCUT2D eigenvalue weighted by Gasteiger charge is 2.16. The van der Waals surface area contributed by atoms with Gasteiger partial charge in [-0.15, -0.1) is 0 Å². The average molecular weight is 472 g/mol. The highest BCUT2D eigenvalue weighted by molar-refractivity contribution is 7.80. The van der Waals surface area contributed by atoms with E-state index in [1.807, 2.05) is 30.3 Å². The number of anilines is 1. The first kappa shape index (κ1) is 23.0. The van der Waals surface area contributed by atoms with Crippen LogP contribution in [0, 0.1) is 10.1 Å². The molecule has 2 N–H and O–H groups in total. The summed E-state index contributed by atoms with van der Waals surface area (Å²) in [6, 6.07) is 19.9. The quantitative estimate of drug-likeness (QED) is 0.210. The van der Waals surface area contributed by atoms with E-state index in [0.717, 1.165) is 5.75 Å². The van der Waals surface area contributed by atoms with Crippen molar-refractivity contribution in [3.8, 4) is 11.5 Å². The molecule has 8 nitrogen and oxygen atoms in total. The summed E-state index contributed by atoms with van der Waals surface area (Å²) in [7, 11) is 0. The normalized spacial score (nSPS) is 10.2. The molecule has 0 aliphatic carbocycles. The fourth-order valence-electron chi connectivity index (χ4n) is 2.63. The van der Waals surface area contributed by atoms with Gasteiger partial charge in [0.1, 0.15) is 30.4 Å². The molecular formula is C22H18ClN3O5S. The van der Waals surface area contributed by atoms with Crippen LogP contribution in [0.15, 0.2) is 72.8 Å². The Kier molecular flexibility index (Phi) is 7.96. The van der Waals surface area contributed by atoms with Crippen molar-refractivity contribution in [2.45, 2.75) is 0 Å². The minimum atomic E-state index is -0.595. The molecule has 1 amide bonds. The second-order valence-corrected chi connectivity index (χ2v) is 7.21. The Morgan fingerprint density at radius 1 is 0.969 bits per heavy atom. The van der Waals surface area contributed by atoms with Gasteiger partial charge < -0.3 is 14.8 Å². The van der Waals surface area contributed by atoms with Gasteiger partial charge in [-0.2, -0.15) is 0 Å². The summed E-state index contributed by atoms with van der Waals surface area (Å²) in [5.74, 6) is 0.866. The SMILES string of the molecule is O=C(NC(=S)Nc1ccc(Cl)cc1[N+](=O)[O-])c1ccc(OCCOc2ccccc2)cc1. The molecule has 0 bridgehead atoms. The van der Waals surface area contributed by atoms with E-state index in [0.29, 0.717) is 24.5 Å². The van der Waals surface area contributed by atoms with Crippen molar-refractivity contribution in [3.63, 3.8) is 0 Å². The molecule has 0 aliphatic rings. The Labute approximate surface area is 194 Å². The number of thiocarbonyl (C=S) groups is 1. The zero-order valence-corrected chi connectivity index (χ0v) is 18.2. The number of nitro groups is 1. The van der Waals surface area contributed by atoms with Crippen molar-refractivity contribution in [1.82, 2.24) is 5.32 Å². The number of benzene rings is 3. The smallest absolute Gasteiger partial charge is 0.294 e. The maximum Gasteiger partial charge on any atom is 0.294 e. The molecule has 0 aliphatic heterocycles. The summed E-state index contributed by atoms with van der Waals surface area (Å²) in [6.07, 6.45) is 0. The first-order valence-corrected chi connectivity index (χ1v) is 10.2. The van der Waals surface area contributed by atoms with Crippen LogP contribution in [0.4, 0.5) is 11.4 Å². The number of nitrogens with zero attached hydrogens (tertiary/aromatic N) is 1. The fourth-order valence-corrected chi connectivity index (χ4v) is 3.00. The lowest BCUT2D eigenvalue weighted by Gasteiger charge is -2.11. The number of nitrogens with one attached hydrogen (secondary N) is 2. The van der Waals surface area contributed by atoms with Crippen molar-refractivity contribution in [3.05, 3.63) is 93.5 Å². The Bertz CT molecular complexity index is 1110. The van der Waals surface area contributed by atoms with Gasteiger partial charge in [0.25, 0.3) is 11.6 Å². The van der Waals surface area contributed by atoms with Crippen molar-refractivity contribution >= 4 is 46.2 Å². The molecule has 3 rings (SSSR count). The highest BCUT2D eigenvalue weighted by Crippen LogP contribution is 2.27. The van der Waals surface area contributed by atoms with Crippen LogP contribution in [0.3, 0.4) is 0 Å². The summed E-state index contributed by atoms with van der Waals surface area (Å²) in [6.45, 7) is 0.720. The average Bonchev–Trinajstić information content (AvgIpc) is 2.79. The molecule has 0 fully saturated rings. The first-order chi connectivity index (χ1) is 15.4. The molecule has 0 radical (unpaired) electrons. The zero-order valence-electron chi connectivity index (χ0n) is 16.6. The largest absolute Gasteiger partial charge is 0.490 e. The van der Waals surface area contributed by atoms with Gasteiger partial charge in [-0.3, -0.25) is 20.2 Å². The third-order valence-corrected chi connectivity index (χ3v) is 4.55. The number of ether oxygens (including phenoxy) is 2. The van der Waals surface area contributed by atoms with Crippen LogP contribution in [-0.4, -0.2) is 29.2 Å². The van der Waals surface area contributed by atoms with E-state index in [2.05, 4.69) is 10.6 Å². The van der Waals surface area contributed by atoms with E-state index in [9.17, 15) is 14.9 Å². The number of carbonyl (C=O) groups excluding carboxylic acids is 1. The van der Waals surface area contributed by atoms with E-state index in [-0.39, 0.29) is 21.5 Å². The van der Waals surface area contributed by atoms with Crippen LogP contribution in [0.25, 0.3) is 0 Å². The lowest BCUT2D eigenvalue weighted by atomic mass is 10.2. The fraction of sp³-hybridized carbons (Fsp3) is 0.0909. The highest BCUT2D eigenvalue weighted by atomic mass is 35.5. The first-order valence-electron chi connectivity index (χ1n) is 9.39. The van der Waals surface area contributed by atoms with Crippen LogP contribution in [0.5, 0.6) is 11.5 Å². The molecule has 0 unspecified atom stereocenters. The zero-order chi connectivity index (χ0) is 22.9. The molecule has 32 heavy (non-hydrogen) atoms. The Morgan fingerprint density at radius 2 is 1.59 bits per heavy atom. The number of nitro benzene ring substituents is 1. The van der Waals surface area contributed by atoms with Crippen LogP contribution in [-0.2, 0) is 0 Å².